The van der Waals surface area contributed by atoms with Crippen LogP contribution >= 0.6 is 0 Å². The number of imidazole rings is 1. The van der Waals surface area contributed by atoms with Crippen molar-refractivity contribution in [2.24, 2.45) is 0 Å². The van der Waals surface area contributed by atoms with E-state index in [9.17, 15) is 4.79 Å². The number of benzene rings is 3. The van der Waals surface area contributed by atoms with Gasteiger partial charge >= 0.3 is 0 Å². The third kappa shape index (κ3) is 4.06. The summed E-state index contributed by atoms with van der Waals surface area (Å²) in [7, 11) is 1.57. The maximum absolute atomic E-state index is 12.6. The van der Waals surface area contributed by atoms with E-state index in [4.69, 9.17) is 9.72 Å². The van der Waals surface area contributed by atoms with Gasteiger partial charge in [0.1, 0.15) is 11.6 Å². The molecule has 1 N–H and O–H groups in total. The van der Waals surface area contributed by atoms with Crippen LogP contribution in [0.15, 0.2) is 72.8 Å². The molecular formula is C25H25N3O2. The van der Waals surface area contributed by atoms with Gasteiger partial charge in [-0.05, 0) is 42.3 Å². The minimum atomic E-state index is -0.144. The van der Waals surface area contributed by atoms with Crippen molar-refractivity contribution in [2.75, 3.05) is 13.7 Å². The second-order valence-electron chi connectivity index (χ2n) is 7.24. The van der Waals surface area contributed by atoms with Crippen molar-refractivity contribution >= 4 is 16.9 Å². The molecule has 0 fully saturated rings. The lowest BCUT2D eigenvalue weighted by atomic mass is 10.1. The van der Waals surface area contributed by atoms with Gasteiger partial charge in [-0.15, -0.1) is 0 Å². The van der Waals surface area contributed by atoms with Crippen LogP contribution in [0.1, 0.15) is 27.3 Å². The normalized spacial score (nSPS) is 10.9. The van der Waals surface area contributed by atoms with Crippen LogP contribution in [0.25, 0.3) is 11.0 Å². The maximum atomic E-state index is 12.6. The number of carbonyl (C=O) groups excluding carboxylic acids is 1. The molecule has 0 aliphatic rings. The Kier molecular flexibility index (Phi) is 5.80. The van der Waals surface area contributed by atoms with Gasteiger partial charge in [-0.25, -0.2) is 4.98 Å². The van der Waals surface area contributed by atoms with E-state index in [1.807, 2.05) is 30.3 Å². The Labute approximate surface area is 176 Å². The molecule has 30 heavy (non-hydrogen) atoms. The van der Waals surface area contributed by atoms with Gasteiger partial charge in [0, 0.05) is 19.5 Å². The van der Waals surface area contributed by atoms with Gasteiger partial charge in [0.25, 0.3) is 5.91 Å². The Morgan fingerprint density at radius 1 is 1.00 bits per heavy atom. The van der Waals surface area contributed by atoms with Crippen molar-refractivity contribution in [3.05, 3.63) is 95.3 Å². The Balaban J connectivity index is 1.54. The molecule has 0 atom stereocenters. The summed E-state index contributed by atoms with van der Waals surface area (Å²) >= 11 is 0. The van der Waals surface area contributed by atoms with Gasteiger partial charge in [-0.1, -0.05) is 48.5 Å². The number of fused-ring (bicyclic) bond motifs is 1. The summed E-state index contributed by atoms with van der Waals surface area (Å²) in [5.41, 5.74) is 5.13. The first-order valence-electron chi connectivity index (χ1n) is 10.1. The molecular weight excluding hydrogens is 374 g/mol. The predicted octanol–water partition coefficient (Wildman–Crippen LogP) is 4.37. The predicted molar refractivity (Wildman–Crippen MR) is 119 cm³/mol. The van der Waals surface area contributed by atoms with Gasteiger partial charge < -0.3 is 14.6 Å². The average molecular weight is 399 g/mol. The Hall–Kier alpha value is -3.60. The Morgan fingerprint density at radius 3 is 2.57 bits per heavy atom. The number of nitrogens with zero attached hydrogens (tertiary/aromatic N) is 2. The quantitative estimate of drug-likeness (QED) is 0.502. The third-order valence-corrected chi connectivity index (χ3v) is 5.31. The van der Waals surface area contributed by atoms with Crippen LogP contribution in [0, 0.1) is 6.92 Å². The molecule has 152 valence electrons. The first-order valence-corrected chi connectivity index (χ1v) is 10.1. The molecule has 3 aromatic carbocycles. The summed E-state index contributed by atoms with van der Waals surface area (Å²) in [5.74, 6) is 1.38. The maximum Gasteiger partial charge on any atom is 0.255 e. The molecule has 0 saturated carbocycles. The van der Waals surface area contributed by atoms with Crippen molar-refractivity contribution in [3.63, 3.8) is 0 Å². The monoisotopic (exact) mass is 399 g/mol. The SMILES string of the molecule is COc1ccccc1C(=O)NCCc1nc2ccccc2n1Cc1ccccc1C. The molecule has 5 nitrogen and oxygen atoms in total. The van der Waals surface area contributed by atoms with E-state index in [1.54, 1.807) is 19.2 Å². The van der Waals surface area contributed by atoms with Crippen LogP contribution in [-0.2, 0) is 13.0 Å². The zero-order valence-electron chi connectivity index (χ0n) is 17.3. The van der Waals surface area contributed by atoms with Crippen molar-refractivity contribution in [1.29, 1.82) is 0 Å². The van der Waals surface area contributed by atoms with Gasteiger partial charge in [0.05, 0.1) is 23.7 Å². The summed E-state index contributed by atoms with van der Waals surface area (Å²) in [6.45, 7) is 3.37. The van der Waals surface area contributed by atoms with Crippen molar-refractivity contribution < 1.29 is 9.53 Å². The number of methoxy groups -OCH3 is 1. The molecule has 1 heterocycles. The number of rotatable bonds is 7. The van der Waals surface area contributed by atoms with Gasteiger partial charge in [-0.3, -0.25) is 4.79 Å². The van der Waals surface area contributed by atoms with Crippen molar-refractivity contribution in [2.45, 2.75) is 19.9 Å². The molecule has 0 saturated heterocycles. The molecule has 1 amide bonds. The summed E-state index contributed by atoms with van der Waals surface area (Å²) < 4.78 is 7.53. The molecule has 0 spiro atoms. The lowest BCUT2D eigenvalue weighted by Crippen LogP contribution is -2.27. The zero-order valence-corrected chi connectivity index (χ0v) is 17.3. The van der Waals surface area contributed by atoms with Crippen molar-refractivity contribution in [1.82, 2.24) is 14.9 Å². The highest BCUT2D eigenvalue weighted by Crippen LogP contribution is 2.20. The third-order valence-electron chi connectivity index (χ3n) is 5.31. The fraction of sp³-hybridized carbons (Fsp3) is 0.200. The molecule has 4 aromatic rings. The number of ether oxygens (including phenoxy) is 1. The highest BCUT2D eigenvalue weighted by molar-refractivity contribution is 5.96. The lowest BCUT2D eigenvalue weighted by molar-refractivity contribution is 0.0951. The molecule has 0 unspecified atom stereocenters. The van der Waals surface area contributed by atoms with Gasteiger partial charge in [0.15, 0.2) is 0 Å². The second kappa shape index (κ2) is 8.82. The highest BCUT2D eigenvalue weighted by Gasteiger charge is 2.14. The first-order chi connectivity index (χ1) is 14.7. The van der Waals surface area contributed by atoms with Gasteiger partial charge in [0.2, 0.25) is 0 Å². The van der Waals surface area contributed by atoms with Crippen LogP contribution in [0.5, 0.6) is 5.75 Å². The molecule has 1 aromatic heterocycles. The Bertz CT molecular complexity index is 1180. The number of aromatic nitrogens is 2. The number of hydrogen-bond donors (Lipinski definition) is 1. The van der Waals surface area contributed by atoms with Crippen LogP contribution in [0.4, 0.5) is 0 Å². The zero-order chi connectivity index (χ0) is 20.9. The fourth-order valence-electron chi connectivity index (χ4n) is 3.67. The number of hydrogen-bond acceptors (Lipinski definition) is 3. The number of carbonyl (C=O) groups is 1. The topological polar surface area (TPSA) is 56.1 Å². The standard InChI is InChI=1S/C25H25N3O2/c1-18-9-3-4-10-19(18)17-28-22-13-7-6-12-21(22)27-24(28)15-16-26-25(29)20-11-5-8-14-23(20)30-2/h3-14H,15-17H2,1-2H3,(H,26,29). The van der Waals surface area contributed by atoms with Crippen molar-refractivity contribution in [3.8, 4) is 5.75 Å². The molecule has 0 radical (unpaired) electrons. The van der Waals surface area contributed by atoms with Crippen LogP contribution in [0.3, 0.4) is 0 Å². The summed E-state index contributed by atoms with van der Waals surface area (Å²) in [5, 5.41) is 3.00. The molecule has 0 aliphatic carbocycles. The fourth-order valence-corrected chi connectivity index (χ4v) is 3.67. The molecule has 0 aliphatic heterocycles. The van der Waals surface area contributed by atoms with E-state index in [2.05, 4.69) is 47.1 Å². The van der Waals surface area contributed by atoms with Gasteiger partial charge in [-0.2, -0.15) is 0 Å². The largest absolute Gasteiger partial charge is 0.496 e. The smallest absolute Gasteiger partial charge is 0.255 e. The van der Waals surface area contributed by atoms with E-state index in [0.29, 0.717) is 24.3 Å². The summed E-state index contributed by atoms with van der Waals surface area (Å²) in [6, 6.07) is 23.8. The van der Waals surface area contributed by atoms with E-state index >= 15 is 0 Å². The number of aryl methyl sites for hydroxylation is 1. The van der Waals surface area contributed by atoms with E-state index in [1.165, 1.54) is 11.1 Å². The lowest BCUT2D eigenvalue weighted by Gasteiger charge is -2.12. The second-order valence-corrected chi connectivity index (χ2v) is 7.24. The van der Waals surface area contributed by atoms with E-state index in [-0.39, 0.29) is 5.91 Å². The number of amides is 1. The molecule has 4 rings (SSSR count). The van der Waals surface area contributed by atoms with Crippen LogP contribution < -0.4 is 10.1 Å². The van der Waals surface area contributed by atoms with Crippen LogP contribution in [0.2, 0.25) is 0 Å². The summed E-state index contributed by atoms with van der Waals surface area (Å²) in [6.07, 6.45) is 0.640. The Morgan fingerprint density at radius 2 is 1.73 bits per heavy atom. The summed E-state index contributed by atoms with van der Waals surface area (Å²) in [4.78, 5) is 17.4. The van der Waals surface area contributed by atoms with E-state index < -0.39 is 0 Å². The van der Waals surface area contributed by atoms with E-state index in [0.717, 1.165) is 23.4 Å². The highest BCUT2D eigenvalue weighted by atomic mass is 16.5. The molecule has 5 heteroatoms. The minimum absolute atomic E-state index is 0.144. The molecule has 0 bridgehead atoms. The number of nitrogens with one attached hydrogen (secondary N) is 1. The minimum Gasteiger partial charge on any atom is -0.496 e. The van der Waals surface area contributed by atoms with Crippen LogP contribution in [-0.4, -0.2) is 29.1 Å². The first kappa shape index (κ1) is 19.7. The average Bonchev–Trinajstić information content (AvgIpc) is 3.12. The number of para-hydroxylation sites is 3.